The monoisotopic (exact) mass is 236 g/mol. The molecule has 17 heavy (non-hydrogen) atoms. The Balaban J connectivity index is 2.59. The first-order valence-corrected chi connectivity index (χ1v) is 5.49. The number of nitrogens with one attached hydrogen (secondary N) is 1. The van der Waals surface area contributed by atoms with E-state index in [-0.39, 0.29) is 6.04 Å². The van der Waals surface area contributed by atoms with Crippen LogP contribution in [0.2, 0.25) is 0 Å². The Hall–Kier alpha value is -1.75. The SMILES string of the molecule is C=CCNC(N)=NCC(c1ccco1)N(C)C. The number of hydrogen-bond donors (Lipinski definition) is 2. The molecule has 94 valence electrons. The lowest BCUT2D eigenvalue weighted by Gasteiger charge is -2.20. The smallest absolute Gasteiger partial charge is 0.188 e. The summed E-state index contributed by atoms with van der Waals surface area (Å²) in [5.41, 5.74) is 5.70. The summed E-state index contributed by atoms with van der Waals surface area (Å²) in [6.07, 6.45) is 3.40. The van der Waals surface area contributed by atoms with Crippen LogP contribution in [0.5, 0.6) is 0 Å². The van der Waals surface area contributed by atoms with E-state index in [1.54, 1.807) is 12.3 Å². The van der Waals surface area contributed by atoms with Crippen LogP contribution in [-0.4, -0.2) is 38.0 Å². The van der Waals surface area contributed by atoms with Crippen molar-refractivity contribution in [2.75, 3.05) is 27.2 Å². The van der Waals surface area contributed by atoms with E-state index in [4.69, 9.17) is 10.2 Å². The standard InChI is InChI=1S/C12H20N4O/c1-4-7-14-12(13)15-9-10(16(2)3)11-6-5-8-17-11/h4-6,8,10H,1,7,9H2,2-3H3,(H3,13,14,15). The van der Waals surface area contributed by atoms with Crippen LogP contribution >= 0.6 is 0 Å². The quantitative estimate of drug-likeness (QED) is 0.439. The second kappa shape index (κ2) is 6.75. The normalized spacial score (nSPS) is 13.7. The number of guanidine groups is 1. The van der Waals surface area contributed by atoms with Crippen LogP contribution in [-0.2, 0) is 0 Å². The van der Waals surface area contributed by atoms with Gasteiger partial charge in [-0.2, -0.15) is 0 Å². The van der Waals surface area contributed by atoms with E-state index < -0.39 is 0 Å². The Morgan fingerprint density at radius 3 is 3.00 bits per heavy atom. The van der Waals surface area contributed by atoms with E-state index in [0.29, 0.717) is 19.0 Å². The van der Waals surface area contributed by atoms with Crippen molar-refractivity contribution in [1.82, 2.24) is 10.2 Å². The maximum absolute atomic E-state index is 5.70. The summed E-state index contributed by atoms with van der Waals surface area (Å²) in [4.78, 5) is 6.32. The van der Waals surface area contributed by atoms with Crippen LogP contribution in [0.1, 0.15) is 11.8 Å². The summed E-state index contributed by atoms with van der Waals surface area (Å²) in [5, 5.41) is 2.93. The molecule has 0 aliphatic rings. The fourth-order valence-electron chi connectivity index (χ4n) is 1.41. The summed E-state index contributed by atoms with van der Waals surface area (Å²) in [6, 6.07) is 3.90. The number of rotatable bonds is 6. The predicted molar refractivity (Wildman–Crippen MR) is 69.8 cm³/mol. The number of likely N-dealkylation sites (N-methyl/N-ethyl adjacent to an activating group) is 1. The molecule has 1 unspecified atom stereocenters. The average molecular weight is 236 g/mol. The molecule has 0 aromatic carbocycles. The van der Waals surface area contributed by atoms with E-state index in [2.05, 4.69) is 16.9 Å². The van der Waals surface area contributed by atoms with Crippen molar-refractivity contribution in [3.05, 3.63) is 36.8 Å². The van der Waals surface area contributed by atoms with Gasteiger partial charge in [0.25, 0.3) is 0 Å². The molecule has 0 radical (unpaired) electrons. The Morgan fingerprint density at radius 1 is 1.71 bits per heavy atom. The summed E-state index contributed by atoms with van der Waals surface area (Å²) < 4.78 is 5.38. The highest BCUT2D eigenvalue weighted by atomic mass is 16.3. The van der Waals surface area contributed by atoms with Gasteiger partial charge in [0.2, 0.25) is 0 Å². The molecule has 1 aromatic heterocycles. The fourth-order valence-corrected chi connectivity index (χ4v) is 1.41. The zero-order valence-corrected chi connectivity index (χ0v) is 10.4. The summed E-state index contributed by atoms with van der Waals surface area (Å²) in [5.74, 6) is 1.30. The molecule has 0 saturated carbocycles. The van der Waals surface area contributed by atoms with Crippen LogP contribution in [0, 0.1) is 0 Å². The third-order valence-electron chi connectivity index (χ3n) is 2.36. The Morgan fingerprint density at radius 2 is 2.47 bits per heavy atom. The van der Waals surface area contributed by atoms with Crippen molar-refractivity contribution in [3.8, 4) is 0 Å². The van der Waals surface area contributed by atoms with Crippen LogP contribution in [0.4, 0.5) is 0 Å². The van der Waals surface area contributed by atoms with E-state index in [1.807, 2.05) is 31.1 Å². The van der Waals surface area contributed by atoms with Gasteiger partial charge in [0.05, 0.1) is 18.8 Å². The van der Waals surface area contributed by atoms with Crippen molar-refractivity contribution in [1.29, 1.82) is 0 Å². The largest absolute Gasteiger partial charge is 0.468 e. The second-order valence-corrected chi connectivity index (χ2v) is 3.89. The molecule has 3 N–H and O–H groups in total. The van der Waals surface area contributed by atoms with E-state index >= 15 is 0 Å². The lowest BCUT2D eigenvalue weighted by atomic mass is 10.2. The average Bonchev–Trinajstić information content (AvgIpc) is 2.79. The van der Waals surface area contributed by atoms with Crippen LogP contribution < -0.4 is 11.1 Å². The fraction of sp³-hybridized carbons (Fsp3) is 0.417. The zero-order valence-electron chi connectivity index (χ0n) is 10.4. The molecule has 5 nitrogen and oxygen atoms in total. The molecular weight excluding hydrogens is 216 g/mol. The van der Waals surface area contributed by atoms with Gasteiger partial charge < -0.3 is 15.5 Å². The highest BCUT2D eigenvalue weighted by Crippen LogP contribution is 2.18. The van der Waals surface area contributed by atoms with Gasteiger partial charge in [-0.3, -0.25) is 9.89 Å². The maximum atomic E-state index is 5.70. The molecule has 5 heteroatoms. The minimum absolute atomic E-state index is 0.0917. The first kappa shape index (κ1) is 13.3. The van der Waals surface area contributed by atoms with Gasteiger partial charge in [-0.15, -0.1) is 6.58 Å². The molecule has 0 spiro atoms. The number of nitrogens with zero attached hydrogens (tertiary/aromatic N) is 2. The predicted octanol–water partition coefficient (Wildman–Crippen LogP) is 0.973. The molecule has 1 heterocycles. The maximum Gasteiger partial charge on any atom is 0.188 e. The topological polar surface area (TPSA) is 66.8 Å². The van der Waals surface area contributed by atoms with Crippen molar-refractivity contribution < 1.29 is 4.42 Å². The highest BCUT2D eigenvalue weighted by Gasteiger charge is 2.16. The lowest BCUT2D eigenvalue weighted by molar-refractivity contribution is 0.265. The molecule has 0 aliphatic heterocycles. The van der Waals surface area contributed by atoms with Gasteiger partial charge in [0, 0.05) is 6.54 Å². The van der Waals surface area contributed by atoms with Crippen LogP contribution in [0.25, 0.3) is 0 Å². The van der Waals surface area contributed by atoms with Gasteiger partial charge >= 0.3 is 0 Å². The summed E-state index contributed by atoms with van der Waals surface area (Å²) in [6.45, 7) is 4.77. The van der Waals surface area contributed by atoms with Crippen molar-refractivity contribution >= 4 is 5.96 Å². The van der Waals surface area contributed by atoms with E-state index in [1.165, 1.54) is 0 Å². The van der Waals surface area contributed by atoms with Crippen molar-refractivity contribution in [3.63, 3.8) is 0 Å². The minimum atomic E-state index is 0.0917. The molecular formula is C12H20N4O. The van der Waals surface area contributed by atoms with Gasteiger partial charge in [-0.1, -0.05) is 6.08 Å². The molecule has 0 bridgehead atoms. The molecule has 0 fully saturated rings. The molecule has 0 aliphatic carbocycles. The third-order valence-corrected chi connectivity index (χ3v) is 2.36. The van der Waals surface area contributed by atoms with E-state index in [9.17, 15) is 0 Å². The lowest BCUT2D eigenvalue weighted by Crippen LogP contribution is -2.33. The van der Waals surface area contributed by atoms with Gasteiger partial charge in [-0.05, 0) is 26.2 Å². The van der Waals surface area contributed by atoms with Gasteiger partial charge in [0.1, 0.15) is 5.76 Å². The van der Waals surface area contributed by atoms with Crippen molar-refractivity contribution in [2.45, 2.75) is 6.04 Å². The molecule has 0 amide bonds. The Labute approximate surface area is 102 Å². The zero-order chi connectivity index (χ0) is 12.7. The van der Waals surface area contributed by atoms with Crippen molar-refractivity contribution in [2.24, 2.45) is 10.7 Å². The number of furan rings is 1. The van der Waals surface area contributed by atoms with Gasteiger partial charge in [0.15, 0.2) is 5.96 Å². The molecule has 1 aromatic rings. The highest BCUT2D eigenvalue weighted by molar-refractivity contribution is 5.77. The summed E-state index contributed by atoms with van der Waals surface area (Å²) >= 11 is 0. The number of hydrogen-bond acceptors (Lipinski definition) is 3. The van der Waals surface area contributed by atoms with Crippen LogP contribution in [0.15, 0.2) is 40.5 Å². The first-order valence-electron chi connectivity index (χ1n) is 5.49. The summed E-state index contributed by atoms with van der Waals surface area (Å²) in [7, 11) is 3.96. The molecule has 1 rings (SSSR count). The minimum Gasteiger partial charge on any atom is -0.468 e. The van der Waals surface area contributed by atoms with E-state index in [0.717, 1.165) is 5.76 Å². The second-order valence-electron chi connectivity index (χ2n) is 3.89. The van der Waals surface area contributed by atoms with Gasteiger partial charge in [-0.25, -0.2) is 0 Å². The Kier molecular flexibility index (Phi) is 5.29. The van der Waals surface area contributed by atoms with Crippen LogP contribution in [0.3, 0.4) is 0 Å². The molecule has 1 atom stereocenters. The molecule has 0 saturated heterocycles. The number of nitrogens with two attached hydrogens (primary N) is 1. The number of aliphatic imine (C=N–C) groups is 1. The Bertz CT molecular complexity index is 357. The third kappa shape index (κ3) is 4.32. The first-order chi connectivity index (χ1) is 8.15.